The molecule has 0 aliphatic rings. The summed E-state index contributed by atoms with van der Waals surface area (Å²) in [7, 11) is 0. The predicted molar refractivity (Wildman–Crippen MR) is 70.5 cm³/mol. The summed E-state index contributed by atoms with van der Waals surface area (Å²) in [5.41, 5.74) is 4.30. The highest BCUT2D eigenvalue weighted by atomic mass is 16.5. The van der Waals surface area contributed by atoms with Gasteiger partial charge >= 0.3 is 0 Å². The number of nitrogens with zero attached hydrogens (tertiary/aromatic N) is 4. The summed E-state index contributed by atoms with van der Waals surface area (Å²) in [5, 5.41) is 8.31. The van der Waals surface area contributed by atoms with Gasteiger partial charge in [0.25, 0.3) is 0 Å². The Kier molecular flexibility index (Phi) is 2.87. The molecule has 3 aromatic rings. The zero-order valence-corrected chi connectivity index (χ0v) is 10.9. The molecule has 0 aliphatic carbocycles. The highest BCUT2D eigenvalue weighted by Crippen LogP contribution is 2.17. The van der Waals surface area contributed by atoms with Gasteiger partial charge in [0.2, 0.25) is 12.2 Å². The third kappa shape index (κ3) is 2.40. The standard InChI is InChI=1S/C14H14N4O/c1-10-6-11(2)18(16-10)8-12-4-3-5-13(7-12)14-15-9-19-17-14/h3-7,9H,8H2,1-2H3. The van der Waals surface area contributed by atoms with Gasteiger partial charge in [-0.1, -0.05) is 23.4 Å². The summed E-state index contributed by atoms with van der Waals surface area (Å²) < 4.78 is 6.76. The molecule has 0 amide bonds. The van der Waals surface area contributed by atoms with Crippen LogP contribution in [0.5, 0.6) is 0 Å². The maximum absolute atomic E-state index is 4.77. The lowest BCUT2D eigenvalue weighted by atomic mass is 10.1. The van der Waals surface area contributed by atoms with Gasteiger partial charge in [0.15, 0.2) is 0 Å². The average molecular weight is 254 g/mol. The number of rotatable bonds is 3. The Morgan fingerprint density at radius 3 is 2.79 bits per heavy atom. The highest BCUT2D eigenvalue weighted by molar-refractivity contribution is 5.55. The van der Waals surface area contributed by atoms with Crippen LogP contribution in [0.25, 0.3) is 11.4 Å². The van der Waals surface area contributed by atoms with E-state index in [1.165, 1.54) is 6.39 Å². The Balaban J connectivity index is 1.90. The van der Waals surface area contributed by atoms with Crippen LogP contribution in [0.3, 0.4) is 0 Å². The lowest BCUT2D eigenvalue weighted by molar-refractivity contribution is 0.419. The molecule has 0 radical (unpaired) electrons. The fraction of sp³-hybridized carbons (Fsp3) is 0.214. The van der Waals surface area contributed by atoms with E-state index in [9.17, 15) is 0 Å². The fourth-order valence-electron chi connectivity index (χ4n) is 2.11. The summed E-state index contributed by atoms with van der Waals surface area (Å²) in [6.07, 6.45) is 1.34. The van der Waals surface area contributed by atoms with Crippen molar-refractivity contribution in [3.63, 3.8) is 0 Å². The van der Waals surface area contributed by atoms with Crippen molar-refractivity contribution in [2.24, 2.45) is 0 Å². The molecular weight excluding hydrogens is 240 g/mol. The number of benzene rings is 1. The highest BCUT2D eigenvalue weighted by Gasteiger charge is 2.06. The zero-order valence-electron chi connectivity index (χ0n) is 10.9. The molecule has 3 rings (SSSR count). The van der Waals surface area contributed by atoms with E-state index in [4.69, 9.17) is 4.52 Å². The molecule has 0 fully saturated rings. The summed E-state index contributed by atoms with van der Waals surface area (Å²) in [4.78, 5) is 4.06. The molecule has 0 aliphatic heterocycles. The third-order valence-electron chi connectivity index (χ3n) is 2.98. The molecule has 5 nitrogen and oxygen atoms in total. The van der Waals surface area contributed by atoms with Gasteiger partial charge in [0.1, 0.15) is 0 Å². The minimum Gasteiger partial charge on any atom is -0.342 e. The van der Waals surface area contributed by atoms with E-state index in [0.717, 1.165) is 29.1 Å². The SMILES string of the molecule is Cc1cc(C)n(Cc2cccc(-c3ncon3)c2)n1. The number of aromatic nitrogens is 4. The summed E-state index contributed by atoms with van der Waals surface area (Å²) >= 11 is 0. The van der Waals surface area contributed by atoms with Gasteiger partial charge in [-0.2, -0.15) is 10.1 Å². The Hall–Kier alpha value is -2.43. The van der Waals surface area contributed by atoms with Crippen molar-refractivity contribution in [3.8, 4) is 11.4 Å². The van der Waals surface area contributed by atoms with E-state index in [2.05, 4.69) is 40.4 Å². The van der Waals surface area contributed by atoms with Crippen LogP contribution in [-0.2, 0) is 6.54 Å². The second-order valence-corrected chi connectivity index (χ2v) is 4.54. The first-order valence-electron chi connectivity index (χ1n) is 6.09. The van der Waals surface area contributed by atoms with Crippen molar-refractivity contribution < 1.29 is 4.52 Å². The minimum atomic E-state index is 0.607. The first kappa shape index (κ1) is 11.6. The van der Waals surface area contributed by atoms with Crippen molar-refractivity contribution >= 4 is 0 Å². The molecule has 0 saturated carbocycles. The molecule has 0 atom stereocenters. The van der Waals surface area contributed by atoms with Crippen LogP contribution in [-0.4, -0.2) is 19.9 Å². The Bertz CT molecular complexity index is 685. The van der Waals surface area contributed by atoms with Gasteiger partial charge in [-0.3, -0.25) is 4.68 Å². The summed E-state index contributed by atoms with van der Waals surface area (Å²) in [6, 6.07) is 10.2. The quantitative estimate of drug-likeness (QED) is 0.721. The molecule has 19 heavy (non-hydrogen) atoms. The largest absolute Gasteiger partial charge is 0.342 e. The van der Waals surface area contributed by atoms with Crippen LogP contribution in [0.4, 0.5) is 0 Å². The zero-order chi connectivity index (χ0) is 13.2. The molecule has 2 aromatic heterocycles. The number of aryl methyl sites for hydroxylation is 2. The molecule has 2 heterocycles. The second kappa shape index (κ2) is 4.68. The minimum absolute atomic E-state index is 0.607. The van der Waals surface area contributed by atoms with Crippen LogP contribution in [0, 0.1) is 13.8 Å². The van der Waals surface area contributed by atoms with Crippen LogP contribution >= 0.6 is 0 Å². The maximum atomic E-state index is 4.77. The molecule has 5 heteroatoms. The van der Waals surface area contributed by atoms with Crippen LogP contribution < -0.4 is 0 Å². The van der Waals surface area contributed by atoms with Gasteiger partial charge in [-0.25, -0.2) is 0 Å². The molecule has 96 valence electrons. The van der Waals surface area contributed by atoms with Crippen molar-refractivity contribution in [1.82, 2.24) is 19.9 Å². The van der Waals surface area contributed by atoms with Gasteiger partial charge < -0.3 is 4.52 Å². The fourth-order valence-corrected chi connectivity index (χ4v) is 2.11. The van der Waals surface area contributed by atoms with Crippen LogP contribution in [0.2, 0.25) is 0 Å². The van der Waals surface area contributed by atoms with E-state index >= 15 is 0 Å². The van der Waals surface area contributed by atoms with E-state index in [1.807, 2.05) is 23.7 Å². The number of hydrogen-bond donors (Lipinski definition) is 0. The maximum Gasteiger partial charge on any atom is 0.214 e. The smallest absolute Gasteiger partial charge is 0.214 e. The van der Waals surface area contributed by atoms with E-state index < -0.39 is 0 Å². The molecular formula is C14H14N4O. The molecule has 0 spiro atoms. The molecule has 0 N–H and O–H groups in total. The number of hydrogen-bond acceptors (Lipinski definition) is 4. The van der Waals surface area contributed by atoms with Crippen LogP contribution in [0.1, 0.15) is 17.0 Å². The molecule has 0 saturated heterocycles. The normalized spacial score (nSPS) is 10.8. The summed E-state index contributed by atoms with van der Waals surface area (Å²) in [6.45, 7) is 4.80. The lowest BCUT2D eigenvalue weighted by Gasteiger charge is -2.05. The van der Waals surface area contributed by atoms with E-state index in [0.29, 0.717) is 5.82 Å². The monoisotopic (exact) mass is 254 g/mol. The molecule has 0 bridgehead atoms. The first-order chi connectivity index (χ1) is 9.22. The molecule has 1 aromatic carbocycles. The predicted octanol–water partition coefficient (Wildman–Crippen LogP) is 2.60. The Labute approximate surface area is 110 Å². The van der Waals surface area contributed by atoms with E-state index in [1.54, 1.807) is 0 Å². The molecule has 0 unspecified atom stereocenters. The van der Waals surface area contributed by atoms with Gasteiger partial charge in [0, 0.05) is 11.3 Å². The Morgan fingerprint density at radius 2 is 2.11 bits per heavy atom. The lowest BCUT2D eigenvalue weighted by Crippen LogP contribution is -2.04. The average Bonchev–Trinajstić information content (AvgIpc) is 3.01. The summed E-state index contributed by atoms with van der Waals surface area (Å²) in [5.74, 6) is 0.607. The topological polar surface area (TPSA) is 56.7 Å². The van der Waals surface area contributed by atoms with Crippen molar-refractivity contribution in [1.29, 1.82) is 0 Å². The van der Waals surface area contributed by atoms with Gasteiger partial charge in [-0.15, -0.1) is 0 Å². The van der Waals surface area contributed by atoms with Crippen molar-refractivity contribution in [3.05, 3.63) is 53.7 Å². The van der Waals surface area contributed by atoms with Crippen LogP contribution in [0.15, 0.2) is 41.2 Å². The first-order valence-corrected chi connectivity index (χ1v) is 6.09. The third-order valence-corrected chi connectivity index (χ3v) is 2.98. The van der Waals surface area contributed by atoms with Crippen molar-refractivity contribution in [2.45, 2.75) is 20.4 Å². The van der Waals surface area contributed by atoms with Gasteiger partial charge in [-0.05, 0) is 31.5 Å². The Morgan fingerprint density at radius 1 is 1.21 bits per heavy atom. The second-order valence-electron chi connectivity index (χ2n) is 4.54. The van der Waals surface area contributed by atoms with Gasteiger partial charge in [0.05, 0.1) is 12.2 Å². The van der Waals surface area contributed by atoms with E-state index in [-0.39, 0.29) is 0 Å². The van der Waals surface area contributed by atoms with Crippen molar-refractivity contribution in [2.75, 3.05) is 0 Å².